The molecule has 1 aromatic carbocycles. The predicted molar refractivity (Wildman–Crippen MR) is 73.5 cm³/mol. The Hall–Kier alpha value is -1.65. The average Bonchev–Trinajstić information content (AvgIpc) is 2.53. The molecule has 128 valence electrons. The maximum absolute atomic E-state index is 13.7. The molecule has 0 aliphatic carbocycles. The van der Waals surface area contributed by atoms with Gasteiger partial charge in [-0.2, -0.15) is 4.31 Å². The predicted octanol–water partition coefficient (Wildman–Crippen LogP) is 0.583. The number of sulfonamides is 1. The van der Waals surface area contributed by atoms with Crippen LogP contribution < -0.4 is 0 Å². The second-order valence-electron chi connectivity index (χ2n) is 4.89. The summed E-state index contributed by atoms with van der Waals surface area (Å²) in [6.45, 7) is -0.0591. The van der Waals surface area contributed by atoms with Crippen molar-refractivity contribution in [1.82, 2.24) is 9.21 Å². The smallest absolute Gasteiger partial charge is 0.248 e. The lowest BCUT2D eigenvalue weighted by atomic mass is 10.3. The van der Waals surface area contributed by atoms with Crippen molar-refractivity contribution in [2.24, 2.45) is 0 Å². The van der Waals surface area contributed by atoms with Gasteiger partial charge in [-0.15, -0.1) is 0 Å². The van der Waals surface area contributed by atoms with Crippen LogP contribution in [-0.4, -0.2) is 63.4 Å². The number of nitrogens with zero attached hydrogens (tertiary/aromatic N) is 2. The third-order valence-electron chi connectivity index (χ3n) is 3.48. The van der Waals surface area contributed by atoms with Crippen molar-refractivity contribution in [2.45, 2.75) is 4.90 Å². The number of benzene rings is 1. The molecule has 1 aromatic rings. The van der Waals surface area contributed by atoms with E-state index in [1.807, 2.05) is 0 Å². The molecule has 1 heterocycles. The van der Waals surface area contributed by atoms with Gasteiger partial charge in [0, 0.05) is 33.3 Å². The molecule has 0 bridgehead atoms. The van der Waals surface area contributed by atoms with Gasteiger partial charge in [0.1, 0.15) is 11.5 Å². The highest BCUT2D eigenvalue weighted by atomic mass is 32.2. The van der Waals surface area contributed by atoms with E-state index in [0.717, 1.165) is 4.31 Å². The van der Waals surface area contributed by atoms with E-state index in [1.165, 1.54) is 12.0 Å². The molecular formula is C13H15F3N2O4S. The minimum atomic E-state index is -4.31. The molecule has 23 heavy (non-hydrogen) atoms. The quantitative estimate of drug-likeness (QED) is 0.744. The van der Waals surface area contributed by atoms with Crippen LogP contribution in [0.1, 0.15) is 0 Å². The number of hydrogen-bond donors (Lipinski definition) is 0. The van der Waals surface area contributed by atoms with Crippen LogP contribution in [0.5, 0.6) is 0 Å². The van der Waals surface area contributed by atoms with Crippen molar-refractivity contribution < 1.29 is 31.1 Å². The fourth-order valence-electron chi connectivity index (χ4n) is 2.24. The Morgan fingerprint density at radius 2 is 1.74 bits per heavy atom. The maximum atomic E-state index is 13.7. The molecule has 10 heteroatoms. The molecule has 6 nitrogen and oxygen atoms in total. The summed E-state index contributed by atoms with van der Waals surface area (Å²) in [5, 5.41) is 0. The van der Waals surface area contributed by atoms with Crippen LogP contribution >= 0.6 is 0 Å². The highest BCUT2D eigenvalue weighted by molar-refractivity contribution is 7.89. The van der Waals surface area contributed by atoms with Gasteiger partial charge < -0.3 is 9.64 Å². The first-order chi connectivity index (χ1) is 10.8. The van der Waals surface area contributed by atoms with Crippen LogP contribution in [0, 0.1) is 17.5 Å². The van der Waals surface area contributed by atoms with Crippen LogP contribution in [0.4, 0.5) is 13.2 Å². The van der Waals surface area contributed by atoms with Gasteiger partial charge >= 0.3 is 0 Å². The molecule has 0 saturated carbocycles. The fourth-order valence-corrected chi connectivity index (χ4v) is 3.72. The van der Waals surface area contributed by atoms with Gasteiger partial charge in [0.15, 0.2) is 17.5 Å². The molecule has 1 fully saturated rings. The number of carbonyl (C=O) groups is 1. The molecule has 0 N–H and O–H groups in total. The molecule has 0 aromatic heterocycles. The van der Waals surface area contributed by atoms with E-state index in [2.05, 4.69) is 0 Å². The Labute approximate surface area is 131 Å². The average molecular weight is 352 g/mol. The third-order valence-corrected chi connectivity index (χ3v) is 5.39. The molecule has 0 unspecified atom stereocenters. The molecule has 1 aliphatic heterocycles. The Morgan fingerprint density at radius 1 is 1.13 bits per heavy atom. The summed E-state index contributed by atoms with van der Waals surface area (Å²) < 4.78 is 70.2. The second kappa shape index (κ2) is 6.85. The molecule has 1 aliphatic rings. The van der Waals surface area contributed by atoms with Crippen molar-refractivity contribution in [3.05, 3.63) is 29.6 Å². The van der Waals surface area contributed by atoms with Crippen LogP contribution in [0.3, 0.4) is 0 Å². The highest BCUT2D eigenvalue weighted by Gasteiger charge is 2.33. The zero-order valence-electron chi connectivity index (χ0n) is 12.3. The van der Waals surface area contributed by atoms with E-state index in [0.29, 0.717) is 12.1 Å². The van der Waals surface area contributed by atoms with E-state index < -0.39 is 32.4 Å². The summed E-state index contributed by atoms with van der Waals surface area (Å²) in [4.78, 5) is 12.1. The molecule has 2 rings (SSSR count). The lowest BCUT2D eigenvalue weighted by Crippen LogP contribution is -2.51. The number of ether oxygens (including phenoxy) is 1. The molecule has 0 radical (unpaired) electrons. The van der Waals surface area contributed by atoms with Gasteiger partial charge in [-0.3, -0.25) is 4.79 Å². The van der Waals surface area contributed by atoms with Crippen molar-refractivity contribution in [3.8, 4) is 0 Å². The second-order valence-corrected chi connectivity index (χ2v) is 6.80. The fraction of sp³-hybridized carbons (Fsp3) is 0.462. The normalized spacial score (nSPS) is 16.6. The summed E-state index contributed by atoms with van der Waals surface area (Å²) >= 11 is 0. The van der Waals surface area contributed by atoms with E-state index in [1.54, 1.807) is 0 Å². The van der Waals surface area contributed by atoms with E-state index in [9.17, 15) is 26.4 Å². The molecular weight excluding hydrogens is 337 g/mol. The van der Waals surface area contributed by atoms with Crippen molar-refractivity contribution in [2.75, 3.05) is 39.9 Å². The van der Waals surface area contributed by atoms with Gasteiger partial charge in [0.05, 0.1) is 0 Å². The Morgan fingerprint density at radius 3 is 2.30 bits per heavy atom. The monoisotopic (exact) mass is 352 g/mol. The summed E-state index contributed by atoms with van der Waals surface area (Å²) in [6, 6.07) is 1.25. The molecule has 0 atom stereocenters. The number of carbonyl (C=O) groups excluding carboxylic acids is 1. The van der Waals surface area contributed by atoms with Crippen LogP contribution in [-0.2, 0) is 19.6 Å². The zero-order chi connectivity index (χ0) is 17.2. The third kappa shape index (κ3) is 3.48. The lowest BCUT2D eigenvalue weighted by Gasteiger charge is -2.33. The number of hydrogen-bond acceptors (Lipinski definition) is 4. The summed E-state index contributed by atoms with van der Waals surface area (Å²) in [7, 11) is -2.95. The SMILES string of the molecule is COCC(=O)N1CCN(S(=O)(=O)c2ccc(F)c(F)c2F)CC1. The van der Waals surface area contributed by atoms with E-state index >= 15 is 0 Å². The van der Waals surface area contributed by atoms with E-state index in [-0.39, 0.29) is 38.7 Å². The standard InChI is InChI=1S/C13H15F3N2O4S/c1-22-8-11(19)17-4-6-18(7-5-17)23(20,21)10-3-2-9(14)12(15)13(10)16/h2-3H,4-8H2,1H3. The van der Waals surface area contributed by atoms with Gasteiger partial charge in [-0.05, 0) is 12.1 Å². The van der Waals surface area contributed by atoms with Gasteiger partial charge in [-0.25, -0.2) is 21.6 Å². The minimum Gasteiger partial charge on any atom is -0.375 e. The van der Waals surface area contributed by atoms with E-state index in [4.69, 9.17) is 4.74 Å². The van der Waals surface area contributed by atoms with Crippen molar-refractivity contribution in [1.29, 1.82) is 0 Å². The maximum Gasteiger partial charge on any atom is 0.248 e. The zero-order valence-corrected chi connectivity index (χ0v) is 13.1. The Kier molecular flexibility index (Phi) is 5.27. The number of rotatable bonds is 4. The number of piperazine rings is 1. The van der Waals surface area contributed by atoms with Crippen LogP contribution in [0.25, 0.3) is 0 Å². The number of methoxy groups -OCH3 is 1. The van der Waals surface area contributed by atoms with Crippen molar-refractivity contribution in [3.63, 3.8) is 0 Å². The van der Waals surface area contributed by atoms with Gasteiger partial charge in [0.2, 0.25) is 15.9 Å². The largest absolute Gasteiger partial charge is 0.375 e. The van der Waals surface area contributed by atoms with Gasteiger partial charge in [0.25, 0.3) is 0 Å². The van der Waals surface area contributed by atoms with Crippen LogP contribution in [0.2, 0.25) is 0 Å². The summed E-state index contributed by atoms with van der Waals surface area (Å²) in [5.74, 6) is -5.33. The van der Waals surface area contributed by atoms with Crippen LogP contribution in [0.15, 0.2) is 17.0 Å². The topological polar surface area (TPSA) is 66.9 Å². The first-order valence-corrected chi connectivity index (χ1v) is 8.13. The molecule has 1 saturated heterocycles. The Balaban J connectivity index is 2.17. The van der Waals surface area contributed by atoms with Gasteiger partial charge in [-0.1, -0.05) is 0 Å². The first-order valence-electron chi connectivity index (χ1n) is 6.69. The summed E-state index contributed by atoms with van der Waals surface area (Å²) in [6.07, 6.45) is 0. The molecule has 1 amide bonds. The number of amides is 1. The minimum absolute atomic E-state index is 0.0732. The number of halogens is 3. The first kappa shape index (κ1) is 17.7. The highest BCUT2D eigenvalue weighted by Crippen LogP contribution is 2.23. The van der Waals surface area contributed by atoms with Crippen molar-refractivity contribution >= 4 is 15.9 Å². The molecule has 0 spiro atoms. The Bertz CT molecular complexity index is 703. The summed E-state index contributed by atoms with van der Waals surface area (Å²) in [5.41, 5.74) is 0. The lowest BCUT2D eigenvalue weighted by molar-refractivity contribution is -0.136.